The number of thiophene rings is 1. The summed E-state index contributed by atoms with van der Waals surface area (Å²) in [5.41, 5.74) is 3.54. The molecular weight excluding hydrogens is 380 g/mol. The maximum absolute atomic E-state index is 12.8. The van der Waals surface area contributed by atoms with Gasteiger partial charge in [-0.3, -0.25) is 9.89 Å². The number of hydrogen-bond donors (Lipinski definition) is 1. The second kappa shape index (κ2) is 7.18. The van der Waals surface area contributed by atoms with Gasteiger partial charge in [-0.1, -0.05) is 11.6 Å². The van der Waals surface area contributed by atoms with E-state index in [2.05, 4.69) is 16.2 Å². The summed E-state index contributed by atoms with van der Waals surface area (Å²) in [4.78, 5) is 18.6. The minimum absolute atomic E-state index is 0.182. The van der Waals surface area contributed by atoms with Crippen LogP contribution in [0.2, 0.25) is 5.02 Å². The van der Waals surface area contributed by atoms with Gasteiger partial charge in [-0.2, -0.15) is 5.26 Å². The Labute approximate surface area is 165 Å². The number of hydrogen-bond acceptors (Lipinski definition) is 4. The average Bonchev–Trinajstić information content (AvgIpc) is 3.17. The highest BCUT2D eigenvalue weighted by Crippen LogP contribution is 2.39. The van der Waals surface area contributed by atoms with Crippen molar-refractivity contribution in [2.45, 2.75) is 32.6 Å². The maximum atomic E-state index is 12.8. The predicted octanol–water partition coefficient (Wildman–Crippen LogP) is 4.69. The molecule has 1 N–H and O–H groups in total. The molecule has 1 aliphatic carbocycles. The Kier molecular flexibility index (Phi) is 4.73. The highest BCUT2D eigenvalue weighted by atomic mass is 35.5. The first-order valence-electron chi connectivity index (χ1n) is 8.74. The fourth-order valence-corrected chi connectivity index (χ4v) is 4.67. The lowest BCUT2D eigenvalue weighted by Gasteiger charge is -2.09. The molecule has 0 radical (unpaired) electrons. The SMILES string of the molecule is Cc1[nH]n(-c2ccc(Cl)cc2)c(=O)c1C=Nc1sc2c(c1C#N)CCCC2. The number of aliphatic imine (C=N–C) groups is 1. The van der Waals surface area contributed by atoms with Crippen LogP contribution in [0.25, 0.3) is 5.69 Å². The van der Waals surface area contributed by atoms with Gasteiger partial charge in [0.1, 0.15) is 11.1 Å². The van der Waals surface area contributed by atoms with Gasteiger partial charge in [0.25, 0.3) is 5.56 Å². The number of H-pyrrole nitrogens is 1. The van der Waals surface area contributed by atoms with Crippen LogP contribution < -0.4 is 5.56 Å². The summed E-state index contributed by atoms with van der Waals surface area (Å²) < 4.78 is 1.47. The van der Waals surface area contributed by atoms with Crippen LogP contribution in [0.15, 0.2) is 34.1 Å². The molecule has 0 unspecified atom stereocenters. The second-order valence-corrected chi connectivity index (χ2v) is 8.05. The Morgan fingerprint density at radius 1 is 1.30 bits per heavy atom. The van der Waals surface area contributed by atoms with Crippen molar-refractivity contribution in [2.75, 3.05) is 0 Å². The van der Waals surface area contributed by atoms with Crippen molar-refractivity contribution in [3.05, 3.63) is 66.9 Å². The number of nitrogens with zero attached hydrogens (tertiary/aromatic N) is 3. The van der Waals surface area contributed by atoms with Crippen LogP contribution in [-0.2, 0) is 12.8 Å². The number of aromatic amines is 1. The van der Waals surface area contributed by atoms with E-state index in [4.69, 9.17) is 11.6 Å². The zero-order valence-electron chi connectivity index (χ0n) is 14.8. The Morgan fingerprint density at radius 2 is 2.04 bits per heavy atom. The average molecular weight is 397 g/mol. The van der Waals surface area contributed by atoms with Gasteiger partial charge in [0.2, 0.25) is 0 Å². The van der Waals surface area contributed by atoms with Crippen molar-refractivity contribution in [3.8, 4) is 11.8 Å². The van der Waals surface area contributed by atoms with E-state index >= 15 is 0 Å². The van der Waals surface area contributed by atoms with Gasteiger partial charge in [-0.25, -0.2) is 9.67 Å². The number of nitrogens with one attached hydrogen (secondary N) is 1. The highest BCUT2D eigenvalue weighted by Gasteiger charge is 2.20. The van der Waals surface area contributed by atoms with E-state index in [0.29, 0.717) is 26.8 Å². The second-order valence-electron chi connectivity index (χ2n) is 6.53. The molecule has 1 aliphatic rings. The number of rotatable bonds is 3. The number of aromatic nitrogens is 2. The molecule has 0 atom stereocenters. The van der Waals surface area contributed by atoms with Crippen molar-refractivity contribution >= 4 is 34.2 Å². The summed E-state index contributed by atoms with van der Waals surface area (Å²) in [5, 5.41) is 13.9. The summed E-state index contributed by atoms with van der Waals surface area (Å²) in [7, 11) is 0. The van der Waals surface area contributed by atoms with Gasteiger partial charge >= 0.3 is 0 Å². The van der Waals surface area contributed by atoms with Gasteiger partial charge in [0.15, 0.2) is 0 Å². The molecular formula is C20H17ClN4OS. The summed E-state index contributed by atoms with van der Waals surface area (Å²) >= 11 is 7.49. The molecule has 7 heteroatoms. The largest absolute Gasteiger partial charge is 0.295 e. The van der Waals surface area contributed by atoms with E-state index in [-0.39, 0.29) is 5.56 Å². The van der Waals surface area contributed by atoms with Gasteiger partial charge in [-0.15, -0.1) is 11.3 Å². The van der Waals surface area contributed by atoms with E-state index in [1.165, 1.54) is 9.56 Å². The third kappa shape index (κ3) is 3.25. The molecule has 0 bridgehead atoms. The Morgan fingerprint density at radius 3 is 2.78 bits per heavy atom. The summed E-state index contributed by atoms with van der Waals surface area (Å²) in [6.45, 7) is 1.83. The van der Waals surface area contributed by atoms with E-state index in [9.17, 15) is 10.1 Å². The first-order chi connectivity index (χ1) is 13.1. The smallest absolute Gasteiger partial charge is 0.280 e. The van der Waals surface area contributed by atoms with Crippen molar-refractivity contribution in [1.29, 1.82) is 5.26 Å². The molecule has 2 heterocycles. The van der Waals surface area contributed by atoms with Gasteiger partial charge in [-0.05, 0) is 62.4 Å². The van der Waals surface area contributed by atoms with Gasteiger partial charge in [0, 0.05) is 21.8 Å². The molecule has 27 heavy (non-hydrogen) atoms. The topological polar surface area (TPSA) is 73.9 Å². The fourth-order valence-electron chi connectivity index (χ4n) is 3.36. The van der Waals surface area contributed by atoms with Crippen LogP contribution in [0.4, 0.5) is 5.00 Å². The van der Waals surface area contributed by atoms with Crippen molar-refractivity contribution in [1.82, 2.24) is 9.78 Å². The van der Waals surface area contributed by atoms with Crippen molar-refractivity contribution in [2.24, 2.45) is 4.99 Å². The minimum Gasteiger partial charge on any atom is -0.295 e. The molecule has 3 aromatic rings. The third-order valence-electron chi connectivity index (χ3n) is 4.78. The fraction of sp³-hybridized carbons (Fsp3) is 0.250. The highest BCUT2D eigenvalue weighted by molar-refractivity contribution is 7.16. The lowest BCUT2D eigenvalue weighted by molar-refractivity contribution is 0.696. The molecule has 0 spiro atoms. The summed E-state index contributed by atoms with van der Waals surface area (Å²) in [5.74, 6) is 0. The number of nitriles is 1. The van der Waals surface area contributed by atoms with Crippen LogP contribution in [0.5, 0.6) is 0 Å². The van der Waals surface area contributed by atoms with Crippen molar-refractivity contribution in [3.63, 3.8) is 0 Å². The minimum atomic E-state index is -0.182. The van der Waals surface area contributed by atoms with E-state index in [1.807, 2.05) is 6.92 Å². The number of aryl methyl sites for hydroxylation is 2. The Hall–Kier alpha value is -2.62. The maximum Gasteiger partial charge on any atom is 0.280 e. The third-order valence-corrected chi connectivity index (χ3v) is 6.23. The normalized spacial score (nSPS) is 13.7. The molecule has 2 aromatic heterocycles. The number of fused-ring (bicyclic) bond motifs is 1. The lowest BCUT2D eigenvalue weighted by Crippen LogP contribution is -2.17. The van der Waals surface area contributed by atoms with E-state index in [0.717, 1.165) is 36.9 Å². The summed E-state index contributed by atoms with van der Waals surface area (Å²) in [6.07, 6.45) is 5.79. The molecule has 0 saturated carbocycles. The molecule has 0 aliphatic heterocycles. The zero-order valence-corrected chi connectivity index (χ0v) is 16.3. The molecule has 0 fully saturated rings. The zero-order chi connectivity index (χ0) is 19.0. The van der Waals surface area contributed by atoms with E-state index < -0.39 is 0 Å². The van der Waals surface area contributed by atoms with Crippen LogP contribution in [0.1, 0.15) is 40.1 Å². The molecule has 136 valence electrons. The van der Waals surface area contributed by atoms with Crippen LogP contribution >= 0.6 is 22.9 Å². The molecule has 1 aromatic carbocycles. The van der Waals surface area contributed by atoms with Crippen LogP contribution in [-0.4, -0.2) is 16.0 Å². The number of halogens is 1. The van der Waals surface area contributed by atoms with Crippen LogP contribution in [0, 0.1) is 18.3 Å². The van der Waals surface area contributed by atoms with Gasteiger partial charge in [0.05, 0.1) is 16.8 Å². The monoisotopic (exact) mass is 396 g/mol. The van der Waals surface area contributed by atoms with E-state index in [1.54, 1.807) is 41.8 Å². The lowest BCUT2D eigenvalue weighted by atomic mass is 9.96. The molecule has 0 amide bonds. The van der Waals surface area contributed by atoms with Crippen LogP contribution in [0.3, 0.4) is 0 Å². The predicted molar refractivity (Wildman–Crippen MR) is 109 cm³/mol. The molecule has 4 rings (SSSR count). The Bertz CT molecular complexity index is 1130. The first kappa shape index (κ1) is 17.8. The standard InChI is InChI=1S/C20H17ClN4OS/c1-12-17(20(26)25(24-12)14-8-6-13(21)7-9-14)11-23-19-16(10-22)15-4-2-3-5-18(15)27-19/h6-9,11,24H,2-5H2,1H3. The molecule has 5 nitrogen and oxygen atoms in total. The number of benzene rings is 1. The van der Waals surface area contributed by atoms with Gasteiger partial charge < -0.3 is 0 Å². The Balaban J connectivity index is 1.72. The molecule has 0 saturated heterocycles. The summed E-state index contributed by atoms with van der Waals surface area (Å²) in [6, 6.07) is 9.33. The quantitative estimate of drug-likeness (QED) is 0.652. The first-order valence-corrected chi connectivity index (χ1v) is 9.94. The van der Waals surface area contributed by atoms with Crippen molar-refractivity contribution < 1.29 is 0 Å².